The molecule has 0 saturated heterocycles. The van der Waals surface area contributed by atoms with Gasteiger partial charge in [-0.1, -0.05) is 49.6 Å². The van der Waals surface area contributed by atoms with E-state index in [-0.39, 0.29) is 0 Å². The zero-order valence-electron chi connectivity index (χ0n) is 13.7. The minimum atomic E-state index is 0.567. The van der Waals surface area contributed by atoms with Crippen molar-refractivity contribution in [2.75, 3.05) is 0 Å². The van der Waals surface area contributed by atoms with Gasteiger partial charge in [-0.2, -0.15) is 0 Å². The summed E-state index contributed by atoms with van der Waals surface area (Å²) in [5.41, 5.74) is 2.44. The van der Waals surface area contributed by atoms with Gasteiger partial charge in [-0.25, -0.2) is 0 Å². The first-order valence-electron chi connectivity index (χ1n) is 8.60. The van der Waals surface area contributed by atoms with Crippen LogP contribution in [0, 0.1) is 0 Å². The van der Waals surface area contributed by atoms with Crippen LogP contribution in [-0.2, 0) is 13.2 Å². The highest BCUT2D eigenvalue weighted by atomic mass is 79.9. The van der Waals surface area contributed by atoms with Crippen LogP contribution in [0.25, 0.3) is 0 Å². The molecule has 24 heavy (non-hydrogen) atoms. The molecule has 3 rings (SSSR count). The van der Waals surface area contributed by atoms with Crippen molar-refractivity contribution in [1.82, 2.24) is 5.32 Å². The van der Waals surface area contributed by atoms with Gasteiger partial charge in [0.05, 0.1) is 8.95 Å². The van der Waals surface area contributed by atoms with Crippen LogP contribution in [0.3, 0.4) is 0 Å². The minimum Gasteiger partial charge on any atom is -0.487 e. The van der Waals surface area contributed by atoms with E-state index in [0.717, 1.165) is 21.2 Å². The van der Waals surface area contributed by atoms with Crippen LogP contribution in [0.2, 0.25) is 0 Å². The van der Waals surface area contributed by atoms with E-state index in [0.29, 0.717) is 12.6 Å². The van der Waals surface area contributed by atoms with E-state index in [1.807, 2.05) is 18.2 Å². The van der Waals surface area contributed by atoms with E-state index in [1.165, 1.54) is 43.2 Å². The fraction of sp³-hybridized carbons (Fsp3) is 0.400. The number of halogens is 2. The van der Waals surface area contributed by atoms with Crippen molar-refractivity contribution in [1.29, 1.82) is 0 Å². The molecular weight excluding hydrogens is 430 g/mol. The van der Waals surface area contributed by atoms with Crippen LogP contribution < -0.4 is 10.1 Å². The molecule has 2 aromatic carbocycles. The highest BCUT2D eigenvalue weighted by Crippen LogP contribution is 2.35. The molecule has 4 heteroatoms. The molecule has 1 aliphatic rings. The molecule has 0 spiro atoms. The first kappa shape index (κ1) is 18.0. The van der Waals surface area contributed by atoms with E-state index >= 15 is 0 Å². The highest BCUT2D eigenvalue weighted by molar-refractivity contribution is 9.11. The Morgan fingerprint density at radius 1 is 0.917 bits per heavy atom. The van der Waals surface area contributed by atoms with Gasteiger partial charge in [0.15, 0.2) is 0 Å². The summed E-state index contributed by atoms with van der Waals surface area (Å²) < 4.78 is 7.98. The van der Waals surface area contributed by atoms with E-state index < -0.39 is 0 Å². The minimum absolute atomic E-state index is 0.567. The molecule has 0 bridgehead atoms. The molecule has 0 heterocycles. The third-order valence-electron chi connectivity index (χ3n) is 4.48. The van der Waals surface area contributed by atoms with Crippen molar-refractivity contribution in [2.45, 2.75) is 51.3 Å². The third-order valence-corrected chi connectivity index (χ3v) is 5.66. The van der Waals surface area contributed by atoms with Gasteiger partial charge >= 0.3 is 0 Å². The van der Waals surface area contributed by atoms with Gasteiger partial charge in [-0.3, -0.25) is 0 Å². The predicted molar refractivity (Wildman–Crippen MR) is 106 cm³/mol. The average Bonchev–Trinajstić information content (AvgIpc) is 2.61. The lowest BCUT2D eigenvalue weighted by atomic mass is 9.95. The van der Waals surface area contributed by atoms with Crippen molar-refractivity contribution in [3.63, 3.8) is 0 Å². The first-order chi connectivity index (χ1) is 11.7. The van der Waals surface area contributed by atoms with Gasteiger partial charge in [-0.05, 0) is 68.0 Å². The summed E-state index contributed by atoms with van der Waals surface area (Å²) in [6.07, 6.45) is 6.72. The zero-order chi connectivity index (χ0) is 16.8. The molecule has 1 saturated carbocycles. The summed E-state index contributed by atoms with van der Waals surface area (Å²) in [6, 6.07) is 15.2. The maximum atomic E-state index is 5.99. The van der Waals surface area contributed by atoms with Crippen molar-refractivity contribution in [3.05, 3.63) is 62.5 Å². The van der Waals surface area contributed by atoms with Gasteiger partial charge in [0.1, 0.15) is 12.4 Å². The quantitative estimate of drug-likeness (QED) is 0.562. The summed E-state index contributed by atoms with van der Waals surface area (Å²) >= 11 is 7.31. The lowest BCUT2D eigenvalue weighted by Gasteiger charge is -2.23. The van der Waals surface area contributed by atoms with E-state index in [4.69, 9.17) is 4.74 Å². The van der Waals surface area contributed by atoms with Crippen LogP contribution in [0.1, 0.15) is 43.2 Å². The fourth-order valence-corrected chi connectivity index (χ4v) is 4.66. The number of hydrogen-bond donors (Lipinski definition) is 1. The molecule has 0 aromatic heterocycles. The normalized spacial score (nSPS) is 15.4. The second kappa shape index (κ2) is 9.02. The lowest BCUT2D eigenvalue weighted by Crippen LogP contribution is -2.30. The van der Waals surface area contributed by atoms with Crippen LogP contribution in [-0.4, -0.2) is 6.04 Å². The van der Waals surface area contributed by atoms with Crippen LogP contribution in [0.15, 0.2) is 51.4 Å². The Hall–Kier alpha value is -0.840. The Bertz CT molecular complexity index is 631. The van der Waals surface area contributed by atoms with E-state index in [9.17, 15) is 0 Å². The van der Waals surface area contributed by atoms with Crippen LogP contribution >= 0.6 is 31.9 Å². The summed E-state index contributed by atoms with van der Waals surface area (Å²) in [7, 11) is 0. The first-order valence-corrected chi connectivity index (χ1v) is 10.2. The molecule has 2 nitrogen and oxygen atoms in total. The highest BCUT2D eigenvalue weighted by Gasteiger charge is 2.14. The maximum absolute atomic E-state index is 5.99. The third kappa shape index (κ3) is 5.08. The fourth-order valence-electron chi connectivity index (χ4n) is 3.15. The molecule has 0 aliphatic heterocycles. The van der Waals surface area contributed by atoms with E-state index in [1.54, 1.807) is 0 Å². The van der Waals surface area contributed by atoms with Gasteiger partial charge < -0.3 is 10.1 Å². The number of nitrogens with one attached hydrogen (secondary N) is 1. The molecule has 1 aliphatic carbocycles. The smallest absolute Gasteiger partial charge is 0.148 e. The monoisotopic (exact) mass is 451 g/mol. The molecular formula is C20H23Br2NO. The van der Waals surface area contributed by atoms with Gasteiger partial charge in [0.2, 0.25) is 0 Å². The predicted octanol–water partition coefficient (Wildman–Crippen LogP) is 6.21. The molecule has 1 fully saturated rings. The van der Waals surface area contributed by atoms with Gasteiger partial charge in [-0.15, -0.1) is 0 Å². The Morgan fingerprint density at radius 2 is 1.58 bits per heavy atom. The van der Waals surface area contributed by atoms with Crippen molar-refractivity contribution < 1.29 is 4.74 Å². The summed E-state index contributed by atoms with van der Waals surface area (Å²) in [5.74, 6) is 0.861. The number of benzene rings is 2. The van der Waals surface area contributed by atoms with Crippen molar-refractivity contribution >= 4 is 31.9 Å². The second-order valence-corrected chi connectivity index (χ2v) is 8.09. The summed E-state index contributed by atoms with van der Waals surface area (Å²) in [4.78, 5) is 0. The summed E-state index contributed by atoms with van der Waals surface area (Å²) in [5, 5.41) is 3.69. The lowest BCUT2D eigenvalue weighted by molar-refractivity contribution is 0.302. The Kier molecular flexibility index (Phi) is 6.75. The maximum Gasteiger partial charge on any atom is 0.148 e. The van der Waals surface area contributed by atoms with Gasteiger partial charge in [0, 0.05) is 12.6 Å². The topological polar surface area (TPSA) is 21.3 Å². The SMILES string of the molecule is Brc1cc(CNC2CCCCC2)cc(Br)c1OCc1ccccc1. The summed E-state index contributed by atoms with van der Waals surface area (Å²) in [6.45, 7) is 1.47. The molecule has 1 N–H and O–H groups in total. The Morgan fingerprint density at radius 3 is 2.25 bits per heavy atom. The van der Waals surface area contributed by atoms with Crippen molar-refractivity contribution in [3.8, 4) is 5.75 Å². The van der Waals surface area contributed by atoms with Crippen molar-refractivity contribution in [2.24, 2.45) is 0 Å². The molecule has 128 valence electrons. The number of hydrogen-bond acceptors (Lipinski definition) is 2. The van der Waals surface area contributed by atoms with Gasteiger partial charge in [0.25, 0.3) is 0 Å². The van der Waals surface area contributed by atoms with Crippen LogP contribution in [0.4, 0.5) is 0 Å². The molecule has 0 radical (unpaired) electrons. The molecule has 0 amide bonds. The largest absolute Gasteiger partial charge is 0.487 e. The number of rotatable bonds is 6. The molecule has 0 unspecified atom stereocenters. The average molecular weight is 453 g/mol. The Labute approximate surface area is 161 Å². The standard InChI is InChI=1S/C20H23Br2NO/c21-18-11-16(13-23-17-9-5-2-6-10-17)12-19(22)20(18)24-14-15-7-3-1-4-8-15/h1,3-4,7-8,11-12,17,23H,2,5-6,9-10,13-14H2. The second-order valence-electron chi connectivity index (χ2n) is 6.38. The number of ether oxygens (including phenoxy) is 1. The zero-order valence-corrected chi connectivity index (χ0v) is 16.9. The van der Waals surface area contributed by atoms with Crippen LogP contribution in [0.5, 0.6) is 5.75 Å². The Balaban J connectivity index is 1.60. The van der Waals surface area contributed by atoms with E-state index in [2.05, 4.69) is 61.4 Å². The molecule has 0 atom stereocenters. The molecule has 2 aromatic rings.